The standard InChI is InChI=1S/C12H11FN2O2/c13-4-8(5-14)7-17-10-1-2-11-9(3-10)6-15-12(11)16/h1-4,6H,5,7,14H2/b8-4+. The van der Waals surface area contributed by atoms with E-state index in [0.717, 1.165) is 0 Å². The number of ether oxygens (including phenoxy) is 1. The molecular formula is C12H11FN2O2. The SMILES string of the molecule is NC/C(=C\F)COc1ccc2c(c1)C=NC2=O. The molecule has 4 nitrogen and oxygen atoms in total. The minimum Gasteiger partial charge on any atom is -0.489 e. The van der Waals surface area contributed by atoms with Crippen molar-refractivity contribution in [2.75, 3.05) is 13.2 Å². The van der Waals surface area contributed by atoms with Crippen LogP contribution in [0.5, 0.6) is 5.75 Å². The first kappa shape index (κ1) is 11.5. The molecule has 88 valence electrons. The van der Waals surface area contributed by atoms with Gasteiger partial charge in [-0.05, 0) is 18.2 Å². The summed E-state index contributed by atoms with van der Waals surface area (Å²) in [7, 11) is 0. The lowest BCUT2D eigenvalue weighted by Crippen LogP contribution is -2.10. The van der Waals surface area contributed by atoms with Crippen LogP contribution in [0.25, 0.3) is 0 Å². The molecule has 0 saturated heterocycles. The van der Waals surface area contributed by atoms with Crippen LogP contribution in [0.3, 0.4) is 0 Å². The number of aliphatic imine (C=N–C) groups is 1. The van der Waals surface area contributed by atoms with Gasteiger partial charge in [0, 0.05) is 23.9 Å². The zero-order chi connectivity index (χ0) is 12.3. The fourth-order valence-electron chi connectivity index (χ4n) is 1.44. The molecular weight excluding hydrogens is 223 g/mol. The Morgan fingerprint density at radius 3 is 3.06 bits per heavy atom. The van der Waals surface area contributed by atoms with Crippen LogP contribution in [0.1, 0.15) is 15.9 Å². The summed E-state index contributed by atoms with van der Waals surface area (Å²) in [5, 5.41) is 0. The average Bonchev–Trinajstić information content (AvgIpc) is 2.72. The highest BCUT2D eigenvalue weighted by Gasteiger charge is 2.15. The second-order valence-corrected chi connectivity index (χ2v) is 3.57. The van der Waals surface area contributed by atoms with Gasteiger partial charge < -0.3 is 10.5 Å². The molecule has 1 amide bonds. The van der Waals surface area contributed by atoms with Gasteiger partial charge in [0.1, 0.15) is 12.4 Å². The zero-order valence-electron chi connectivity index (χ0n) is 9.02. The minimum absolute atomic E-state index is 0.0941. The van der Waals surface area contributed by atoms with Crippen molar-refractivity contribution >= 4 is 12.1 Å². The van der Waals surface area contributed by atoms with Crippen molar-refractivity contribution < 1.29 is 13.9 Å². The van der Waals surface area contributed by atoms with Gasteiger partial charge in [-0.1, -0.05) is 0 Å². The van der Waals surface area contributed by atoms with Gasteiger partial charge in [-0.3, -0.25) is 4.79 Å². The van der Waals surface area contributed by atoms with Crippen molar-refractivity contribution in [1.82, 2.24) is 0 Å². The number of rotatable bonds is 4. The summed E-state index contributed by atoms with van der Waals surface area (Å²) in [4.78, 5) is 14.9. The largest absolute Gasteiger partial charge is 0.489 e. The van der Waals surface area contributed by atoms with E-state index in [-0.39, 0.29) is 19.1 Å². The summed E-state index contributed by atoms with van der Waals surface area (Å²) in [6.07, 6.45) is 1.93. The Bertz CT molecular complexity index is 509. The topological polar surface area (TPSA) is 64.7 Å². The van der Waals surface area contributed by atoms with Gasteiger partial charge in [0.15, 0.2) is 0 Å². The van der Waals surface area contributed by atoms with Crippen LogP contribution in [0.15, 0.2) is 35.1 Å². The summed E-state index contributed by atoms with van der Waals surface area (Å²) in [6, 6.07) is 4.98. The van der Waals surface area contributed by atoms with E-state index in [1.54, 1.807) is 18.2 Å². The number of nitrogens with two attached hydrogens (primary N) is 1. The monoisotopic (exact) mass is 234 g/mol. The molecule has 0 fully saturated rings. The van der Waals surface area contributed by atoms with Gasteiger partial charge in [0.2, 0.25) is 0 Å². The number of halogens is 1. The van der Waals surface area contributed by atoms with E-state index in [2.05, 4.69) is 4.99 Å². The van der Waals surface area contributed by atoms with Gasteiger partial charge in [-0.2, -0.15) is 0 Å². The predicted molar refractivity (Wildman–Crippen MR) is 62.1 cm³/mol. The Morgan fingerprint density at radius 1 is 1.53 bits per heavy atom. The zero-order valence-corrected chi connectivity index (χ0v) is 9.02. The molecule has 0 aliphatic carbocycles. The molecule has 0 aromatic heterocycles. The highest BCUT2D eigenvalue weighted by atomic mass is 19.1. The van der Waals surface area contributed by atoms with Gasteiger partial charge in [0.25, 0.3) is 5.91 Å². The summed E-state index contributed by atoms with van der Waals surface area (Å²) >= 11 is 0. The number of hydrogen-bond donors (Lipinski definition) is 1. The van der Waals surface area contributed by atoms with Crippen LogP contribution < -0.4 is 10.5 Å². The lowest BCUT2D eigenvalue weighted by molar-refractivity contribution is 0.101. The Labute approximate surface area is 97.6 Å². The fourth-order valence-corrected chi connectivity index (χ4v) is 1.44. The molecule has 2 rings (SSSR count). The number of amides is 1. The lowest BCUT2D eigenvalue weighted by Gasteiger charge is -2.07. The second kappa shape index (κ2) is 4.88. The summed E-state index contributed by atoms with van der Waals surface area (Å²) in [5.74, 6) is 0.301. The van der Waals surface area contributed by atoms with E-state index in [4.69, 9.17) is 10.5 Å². The first-order chi connectivity index (χ1) is 8.24. The molecule has 0 unspecified atom stereocenters. The number of benzene rings is 1. The molecule has 0 radical (unpaired) electrons. The van der Waals surface area contributed by atoms with E-state index < -0.39 is 0 Å². The van der Waals surface area contributed by atoms with Crippen LogP contribution in [-0.2, 0) is 0 Å². The van der Waals surface area contributed by atoms with E-state index >= 15 is 0 Å². The highest BCUT2D eigenvalue weighted by molar-refractivity contribution is 6.13. The molecule has 1 aromatic rings. The molecule has 2 N–H and O–H groups in total. The third kappa shape index (κ3) is 2.39. The van der Waals surface area contributed by atoms with Gasteiger partial charge in [0.05, 0.1) is 11.9 Å². The Kier molecular flexibility index (Phi) is 3.30. The van der Waals surface area contributed by atoms with Crippen LogP contribution in [0.2, 0.25) is 0 Å². The van der Waals surface area contributed by atoms with Crippen molar-refractivity contribution in [3.63, 3.8) is 0 Å². The molecule has 0 atom stereocenters. The van der Waals surface area contributed by atoms with Crippen LogP contribution >= 0.6 is 0 Å². The van der Waals surface area contributed by atoms with Crippen molar-refractivity contribution in [2.24, 2.45) is 10.7 Å². The van der Waals surface area contributed by atoms with E-state index in [1.807, 2.05) is 0 Å². The molecule has 1 heterocycles. The van der Waals surface area contributed by atoms with Crippen LogP contribution in [0, 0.1) is 0 Å². The molecule has 17 heavy (non-hydrogen) atoms. The van der Waals surface area contributed by atoms with Gasteiger partial charge >= 0.3 is 0 Å². The predicted octanol–water partition coefficient (Wildman–Crippen LogP) is 1.45. The molecule has 0 spiro atoms. The quantitative estimate of drug-likeness (QED) is 0.857. The van der Waals surface area contributed by atoms with Crippen molar-refractivity contribution in [2.45, 2.75) is 0 Å². The maximum Gasteiger partial charge on any atom is 0.277 e. The van der Waals surface area contributed by atoms with Crippen molar-refractivity contribution in [1.29, 1.82) is 0 Å². The number of hydrogen-bond acceptors (Lipinski definition) is 3. The van der Waals surface area contributed by atoms with E-state index in [0.29, 0.717) is 28.8 Å². The lowest BCUT2D eigenvalue weighted by atomic mass is 10.1. The minimum atomic E-state index is -0.252. The first-order valence-corrected chi connectivity index (χ1v) is 5.08. The third-order valence-electron chi connectivity index (χ3n) is 2.42. The molecule has 5 heteroatoms. The third-order valence-corrected chi connectivity index (χ3v) is 2.42. The molecule has 0 bridgehead atoms. The number of fused-ring (bicyclic) bond motifs is 1. The first-order valence-electron chi connectivity index (χ1n) is 5.08. The summed E-state index contributed by atoms with van der Waals surface area (Å²) < 4.78 is 17.6. The number of carbonyl (C=O) groups excluding carboxylic acids is 1. The van der Waals surface area contributed by atoms with Crippen LogP contribution in [-0.4, -0.2) is 25.3 Å². The van der Waals surface area contributed by atoms with Gasteiger partial charge in [-0.15, -0.1) is 0 Å². The summed E-state index contributed by atoms with van der Waals surface area (Å²) in [5.41, 5.74) is 6.94. The molecule has 1 aromatic carbocycles. The maximum absolute atomic E-state index is 12.2. The second-order valence-electron chi connectivity index (χ2n) is 3.57. The average molecular weight is 234 g/mol. The Morgan fingerprint density at radius 2 is 2.35 bits per heavy atom. The Balaban J connectivity index is 2.09. The van der Waals surface area contributed by atoms with Crippen LogP contribution in [0.4, 0.5) is 4.39 Å². The van der Waals surface area contributed by atoms with Crippen molar-refractivity contribution in [3.05, 3.63) is 41.2 Å². The Hall–Kier alpha value is -2.01. The molecule has 0 saturated carbocycles. The van der Waals surface area contributed by atoms with Gasteiger partial charge in [-0.25, -0.2) is 9.38 Å². The fraction of sp³-hybridized carbons (Fsp3) is 0.167. The number of carbonyl (C=O) groups is 1. The molecule has 1 aliphatic rings. The van der Waals surface area contributed by atoms with Crippen molar-refractivity contribution in [3.8, 4) is 5.75 Å². The van der Waals surface area contributed by atoms with E-state index in [1.165, 1.54) is 6.21 Å². The smallest absolute Gasteiger partial charge is 0.277 e. The van der Waals surface area contributed by atoms with E-state index in [9.17, 15) is 9.18 Å². The molecule has 1 aliphatic heterocycles. The number of nitrogens with zero attached hydrogens (tertiary/aromatic N) is 1. The normalized spacial score (nSPS) is 14.0. The summed E-state index contributed by atoms with van der Waals surface area (Å²) in [6.45, 7) is 0.207. The highest BCUT2D eigenvalue weighted by Crippen LogP contribution is 2.21. The maximum atomic E-state index is 12.2.